The van der Waals surface area contributed by atoms with E-state index in [1.165, 1.54) is 39.9 Å². The monoisotopic (exact) mass is 493 g/mol. The van der Waals surface area contributed by atoms with Crippen LogP contribution in [0, 0.1) is 19.8 Å². The molecule has 2 N–H and O–H groups in total. The predicted molar refractivity (Wildman–Crippen MR) is 125 cm³/mol. The van der Waals surface area contributed by atoms with Gasteiger partial charge in [-0.05, 0) is 62.4 Å². The number of benzene rings is 1. The zero-order chi connectivity index (χ0) is 24.3. The number of hydrogen-bond acceptors (Lipinski definition) is 7. The number of ether oxygens (including phenoxy) is 1. The van der Waals surface area contributed by atoms with Crippen LogP contribution < -0.4 is 10.6 Å². The summed E-state index contributed by atoms with van der Waals surface area (Å²) in [5.74, 6) is -0.878. The molecule has 0 spiro atoms. The molecule has 1 fully saturated rings. The van der Waals surface area contributed by atoms with Crippen molar-refractivity contribution in [3.8, 4) is 0 Å². The third kappa shape index (κ3) is 5.43. The summed E-state index contributed by atoms with van der Waals surface area (Å²) >= 11 is 1.21. The largest absolute Gasteiger partial charge is 0.453 e. The number of thiophene rings is 1. The fourth-order valence-electron chi connectivity index (χ4n) is 3.66. The van der Waals surface area contributed by atoms with Gasteiger partial charge < -0.3 is 10.1 Å². The number of amides is 3. The van der Waals surface area contributed by atoms with Crippen molar-refractivity contribution >= 4 is 44.3 Å². The van der Waals surface area contributed by atoms with Gasteiger partial charge >= 0.3 is 6.09 Å². The Morgan fingerprint density at radius 2 is 1.79 bits per heavy atom. The molecule has 178 valence electrons. The molecule has 33 heavy (non-hydrogen) atoms. The summed E-state index contributed by atoms with van der Waals surface area (Å²) in [6, 6.07) is 5.72. The van der Waals surface area contributed by atoms with Crippen molar-refractivity contribution in [3.63, 3.8) is 0 Å². The average molecular weight is 494 g/mol. The molecule has 0 aliphatic carbocycles. The summed E-state index contributed by atoms with van der Waals surface area (Å²) in [6.07, 6.45) is 0.930. The van der Waals surface area contributed by atoms with E-state index in [9.17, 15) is 22.8 Å². The molecule has 1 aliphatic heterocycles. The second-order valence-electron chi connectivity index (χ2n) is 8.02. The minimum Gasteiger partial charge on any atom is -0.453 e. The Kier molecular flexibility index (Phi) is 7.55. The first-order valence-electron chi connectivity index (χ1n) is 10.5. The van der Waals surface area contributed by atoms with Crippen LogP contribution in [0.15, 0.2) is 29.2 Å². The third-order valence-electron chi connectivity index (χ3n) is 5.61. The van der Waals surface area contributed by atoms with Gasteiger partial charge in [0.1, 0.15) is 5.00 Å². The van der Waals surface area contributed by atoms with Gasteiger partial charge in [0.15, 0.2) is 0 Å². The Bertz CT molecular complexity index is 1170. The number of anilines is 1. The smallest absolute Gasteiger partial charge is 0.413 e. The molecular weight excluding hydrogens is 466 g/mol. The van der Waals surface area contributed by atoms with Gasteiger partial charge in [0, 0.05) is 23.5 Å². The number of nitrogens with zero attached hydrogens (tertiary/aromatic N) is 1. The normalized spacial score (nSPS) is 16.8. The maximum absolute atomic E-state index is 12.9. The standard InChI is InChI=1S/C22H27N3O6S2/c1-13-6-5-11-25(12-13)33(29,30)17-9-7-16(8-10-17)19(26)23-21-18(14(2)15(3)32-21)20(27)24-22(28)31-4/h7-10,13H,5-6,11-12H2,1-4H3,(H,23,26)(H,24,27,28). The van der Waals surface area contributed by atoms with Gasteiger partial charge in [-0.25, -0.2) is 13.2 Å². The topological polar surface area (TPSA) is 122 Å². The average Bonchev–Trinajstić information content (AvgIpc) is 3.06. The van der Waals surface area contributed by atoms with E-state index in [0.717, 1.165) is 24.8 Å². The zero-order valence-electron chi connectivity index (χ0n) is 18.9. The minimum absolute atomic E-state index is 0.133. The maximum Gasteiger partial charge on any atom is 0.413 e. The Morgan fingerprint density at radius 3 is 2.39 bits per heavy atom. The van der Waals surface area contributed by atoms with E-state index >= 15 is 0 Å². The number of rotatable bonds is 5. The number of carbonyl (C=O) groups excluding carboxylic acids is 3. The highest BCUT2D eigenvalue weighted by Crippen LogP contribution is 2.33. The van der Waals surface area contributed by atoms with Gasteiger partial charge in [-0.1, -0.05) is 6.92 Å². The van der Waals surface area contributed by atoms with Crippen molar-refractivity contribution in [1.82, 2.24) is 9.62 Å². The number of sulfonamides is 1. The molecule has 0 radical (unpaired) electrons. The van der Waals surface area contributed by atoms with Crippen molar-refractivity contribution in [2.45, 2.75) is 38.5 Å². The molecule has 9 nitrogen and oxygen atoms in total. The summed E-state index contributed by atoms with van der Waals surface area (Å²) < 4.78 is 31.8. The fourth-order valence-corrected chi connectivity index (χ4v) is 6.31. The molecule has 0 bridgehead atoms. The van der Waals surface area contributed by atoms with Gasteiger partial charge in [0.25, 0.3) is 11.8 Å². The van der Waals surface area contributed by atoms with Crippen molar-refractivity contribution in [2.75, 3.05) is 25.5 Å². The third-order valence-corrected chi connectivity index (χ3v) is 8.62. The van der Waals surface area contributed by atoms with E-state index in [2.05, 4.69) is 15.4 Å². The molecule has 1 aromatic heterocycles. The number of aryl methyl sites for hydroxylation is 1. The molecule has 1 saturated heterocycles. The van der Waals surface area contributed by atoms with Gasteiger partial charge in [0.2, 0.25) is 10.0 Å². The summed E-state index contributed by atoms with van der Waals surface area (Å²) in [6.45, 7) is 6.52. The lowest BCUT2D eigenvalue weighted by molar-refractivity contribution is 0.0937. The first-order chi connectivity index (χ1) is 15.5. The van der Waals surface area contributed by atoms with Crippen LogP contribution in [0.25, 0.3) is 0 Å². The van der Waals surface area contributed by atoms with Crippen LogP contribution in [0.2, 0.25) is 0 Å². The number of nitrogens with one attached hydrogen (secondary N) is 2. The highest BCUT2D eigenvalue weighted by molar-refractivity contribution is 7.89. The van der Waals surface area contributed by atoms with Gasteiger partial charge in [-0.3, -0.25) is 14.9 Å². The Morgan fingerprint density at radius 1 is 1.12 bits per heavy atom. The van der Waals surface area contributed by atoms with Crippen molar-refractivity contribution in [2.24, 2.45) is 5.92 Å². The maximum atomic E-state index is 12.9. The van der Waals surface area contributed by atoms with Crippen molar-refractivity contribution < 1.29 is 27.5 Å². The van der Waals surface area contributed by atoms with Crippen LogP contribution in [-0.4, -0.2) is 50.8 Å². The van der Waals surface area contributed by atoms with Crippen LogP contribution in [0.3, 0.4) is 0 Å². The highest BCUT2D eigenvalue weighted by Gasteiger charge is 2.29. The SMILES string of the molecule is COC(=O)NC(=O)c1c(NC(=O)c2ccc(S(=O)(=O)N3CCCC(C)C3)cc2)sc(C)c1C. The minimum atomic E-state index is -3.62. The molecule has 2 aromatic rings. The van der Waals surface area contributed by atoms with Crippen LogP contribution in [0.1, 0.15) is 50.9 Å². The van der Waals surface area contributed by atoms with Crippen molar-refractivity contribution in [1.29, 1.82) is 0 Å². The molecule has 1 aromatic carbocycles. The molecular formula is C22H27N3O6S2. The van der Waals surface area contributed by atoms with E-state index in [-0.39, 0.29) is 21.0 Å². The Labute approximate surface area is 197 Å². The number of alkyl carbamates (subject to hydrolysis) is 1. The number of carbonyl (C=O) groups is 3. The van der Waals surface area contributed by atoms with Crippen LogP contribution >= 0.6 is 11.3 Å². The molecule has 3 rings (SSSR count). The van der Waals surface area contributed by atoms with E-state index in [1.54, 1.807) is 13.8 Å². The number of imide groups is 1. The summed E-state index contributed by atoms with van der Waals surface area (Å²) in [7, 11) is -2.48. The van der Waals surface area contributed by atoms with Gasteiger partial charge in [-0.2, -0.15) is 4.31 Å². The lowest BCUT2D eigenvalue weighted by atomic mass is 10.0. The Hall–Kier alpha value is -2.76. The number of methoxy groups -OCH3 is 1. The van der Waals surface area contributed by atoms with Gasteiger partial charge in [0.05, 0.1) is 17.6 Å². The number of hydrogen-bond donors (Lipinski definition) is 2. The molecule has 2 heterocycles. The number of piperidine rings is 1. The second kappa shape index (κ2) is 10.0. The van der Waals surface area contributed by atoms with Crippen LogP contribution in [-0.2, 0) is 14.8 Å². The first-order valence-corrected chi connectivity index (χ1v) is 12.7. The Balaban J connectivity index is 1.79. The predicted octanol–water partition coefficient (Wildman–Crippen LogP) is 3.53. The molecule has 1 atom stereocenters. The van der Waals surface area contributed by atoms with E-state index in [4.69, 9.17) is 0 Å². The van der Waals surface area contributed by atoms with E-state index < -0.39 is 27.9 Å². The molecule has 11 heteroatoms. The zero-order valence-corrected chi connectivity index (χ0v) is 20.6. The van der Waals surface area contributed by atoms with E-state index in [0.29, 0.717) is 24.6 Å². The quantitative estimate of drug-likeness (QED) is 0.657. The van der Waals surface area contributed by atoms with Crippen LogP contribution in [0.4, 0.5) is 9.80 Å². The van der Waals surface area contributed by atoms with Gasteiger partial charge in [-0.15, -0.1) is 11.3 Å². The first kappa shape index (κ1) is 24.9. The highest BCUT2D eigenvalue weighted by atomic mass is 32.2. The molecule has 1 unspecified atom stereocenters. The second-order valence-corrected chi connectivity index (χ2v) is 11.2. The summed E-state index contributed by atoms with van der Waals surface area (Å²) in [4.78, 5) is 37.7. The van der Waals surface area contributed by atoms with Crippen molar-refractivity contribution in [3.05, 3.63) is 45.8 Å². The fraction of sp³-hybridized carbons (Fsp3) is 0.409. The molecule has 1 aliphatic rings. The summed E-state index contributed by atoms with van der Waals surface area (Å²) in [5, 5.41) is 5.08. The lowest BCUT2D eigenvalue weighted by Crippen LogP contribution is -2.39. The molecule has 3 amide bonds. The molecule has 0 saturated carbocycles. The summed E-state index contributed by atoms with van der Waals surface area (Å²) in [5.41, 5.74) is 1.05. The lowest BCUT2D eigenvalue weighted by Gasteiger charge is -2.30. The van der Waals surface area contributed by atoms with Crippen LogP contribution in [0.5, 0.6) is 0 Å². The van der Waals surface area contributed by atoms with E-state index in [1.807, 2.05) is 6.92 Å².